The Labute approximate surface area is 198 Å². The molecule has 5 rings (SSSR count). The summed E-state index contributed by atoms with van der Waals surface area (Å²) in [7, 11) is 0. The second-order valence-corrected chi connectivity index (χ2v) is 8.17. The third-order valence-electron chi connectivity index (χ3n) is 6.03. The van der Waals surface area contributed by atoms with E-state index in [1.807, 2.05) is 71.6 Å². The van der Waals surface area contributed by atoms with Crippen molar-refractivity contribution in [2.45, 2.75) is 0 Å². The van der Waals surface area contributed by atoms with Gasteiger partial charge in [0.05, 0.1) is 17.0 Å². The molecule has 4 aromatic rings. The Morgan fingerprint density at radius 3 is 1.71 bits per heavy atom. The van der Waals surface area contributed by atoms with E-state index in [9.17, 15) is 9.59 Å². The zero-order valence-corrected chi connectivity index (χ0v) is 18.7. The lowest BCUT2D eigenvalue weighted by atomic mass is 10.0. The first-order chi connectivity index (χ1) is 16.7. The molecular formula is C28H24N4O2. The fourth-order valence-electron chi connectivity index (χ4n) is 4.10. The highest BCUT2D eigenvalue weighted by atomic mass is 16.2. The molecule has 0 radical (unpaired) electrons. The van der Waals surface area contributed by atoms with Crippen LogP contribution in [0.5, 0.6) is 0 Å². The topological polar surface area (TPSA) is 66.4 Å². The summed E-state index contributed by atoms with van der Waals surface area (Å²) in [5, 5.41) is 0. The summed E-state index contributed by atoms with van der Waals surface area (Å²) in [6, 6.07) is 27.0. The van der Waals surface area contributed by atoms with Crippen molar-refractivity contribution >= 4 is 11.8 Å². The van der Waals surface area contributed by atoms with Gasteiger partial charge in [-0.25, -0.2) is 0 Å². The van der Waals surface area contributed by atoms with Crippen LogP contribution in [0.1, 0.15) is 20.7 Å². The normalized spacial score (nSPS) is 13.5. The quantitative estimate of drug-likeness (QED) is 0.464. The predicted octanol–water partition coefficient (Wildman–Crippen LogP) is 4.41. The van der Waals surface area contributed by atoms with Gasteiger partial charge < -0.3 is 9.80 Å². The van der Waals surface area contributed by atoms with Crippen molar-refractivity contribution < 1.29 is 9.59 Å². The molecule has 1 aliphatic heterocycles. The molecule has 0 bridgehead atoms. The summed E-state index contributed by atoms with van der Waals surface area (Å²) in [4.78, 5) is 38.2. The monoisotopic (exact) mass is 448 g/mol. The summed E-state index contributed by atoms with van der Waals surface area (Å²) in [6.45, 7) is 2.00. The Bertz CT molecular complexity index is 1160. The maximum atomic E-state index is 13.0. The first kappa shape index (κ1) is 21.5. The highest BCUT2D eigenvalue weighted by Gasteiger charge is 2.25. The van der Waals surface area contributed by atoms with Gasteiger partial charge in [-0.1, -0.05) is 48.5 Å². The number of hydrogen-bond acceptors (Lipinski definition) is 4. The van der Waals surface area contributed by atoms with Crippen LogP contribution in [0.2, 0.25) is 0 Å². The van der Waals surface area contributed by atoms with Crippen LogP contribution in [0.15, 0.2) is 97.3 Å². The molecule has 168 valence electrons. The molecule has 0 aliphatic carbocycles. The van der Waals surface area contributed by atoms with Gasteiger partial charge >= 0.3 is 0 Å². The lowest BCUT2D eigenvalue weighted by Gasteiger charge is -2.34. The van der Waals surface area contributed by atoms with E-state index < -0.39 is 0 Å². The first-order valence-corrected chi connectivity index (χ1v) is 11.3. The average Bonchev–Trinajstić information content (AvgIpc) is 2.93. The second kappa shape index (κ2) is 9.67. The van der Waals surface area contributed by atoms with Gasteiger partial charge in [0.1, 0.15) is 0 Å². The second-order valence-electron chi connectivity index (χ2n) is 8.17. The predicted molar refractivity (Wildman–Crippen MR) is 131 cm³/mol. The van der Waals surface area contributed by atoms with Gasteiger partial charge in [-0.2, -0.15) is 0 Å². The van der Waals surface area contributed by atoms with Crippen molar-refractivity contribution in [2.24, 2.45) is 0 Å². The Hall–Kier alpha value is -4.32. The standard InChI is InChI=1S/C28H24N4O2/c33-27(23-11-9-22(10-12-23)21-6-2-1-3-7-21)31-16-18-32(19-17-31)28(34)24-13-14-26(30-20-24)25-8-4-5-15-29-25/h1-15,20H,16-19H2. The van der Waals surface area contributed by atoms with Gasteiger partial charge in [0.25, 0.3) is 11.8 Å². The summed E-state index contributed by atoms with van der Waals surface area (Å²) in [5.74, 6) is -0.0764. The molecule has 2 amide bonds. The summed E-state index contributed by atoms with van der Waals surface area (Å²) >= 11 is 0. The van der Waals surface area contributed by atoms with E-state index in [-0.39, 0.29) is 11.8 Å². The van der Waals surface area contributed by atoms with Crippen molar-refractivity contribution in [2.75, 3.05) is 26.2 Å². The number of amides is 2. The number of carbonyl (C=O) groups is 2. The van der Waals surface area contributed by atoms with Crippen LogP contribution < -0.4 is 0 Å². The Morgan fingerprint density at radius 1 is 0.559 bits per heavy atom. The molecule has 1 aliphatic rings. The number of pyridine rings is 2. The van der Waals surface area contributed by atoms with Gasteiger partial charge in [0.15, 0.2) is 0 Å². The molecule has 2 aromatic carbocycles. The Balaban J connectivity index is 1.19. The molecular weight excluding hydrogens is 424 g/mol. The van der Waals surface area contributed by atoms with Crippen LogP contribution >= 0.6 is 0 Å². The van der Waals surface area contributed by atoms with Crippen molar-refractivity contribution in [3.8, 4) is 22.5 Å². The van der Waals surface area contributed by atoms with Gasteiger partial charge in [0.2, 0.25) is 0 Å². The lowest BCUT2D eigenvalue weighted by Crippen LogP contribution is -2.50. The van der Waals surface area contributed by atoms with Gasteiger partial charge in [-0.05, 0) is 47.5 Å². The van der Waals surface area contributed by atoms with Gasteiger partial charge in [-0.3, -0.25) is 19.6 Å². The third-order valence-corrected chi connectivity index (χ3v) is 6.03. The smallest absolute Gasteiger partial charge is 0.255 e. The molecule has 1 saturated heterocycles. The minimum atomic E-state index is -0.0700. The Morgan fingerprint density at radius 2 is 1.12 bits per heavy atom. The number of benzene rings is 2. The number of carbonyl (C=O) groups excluding carboxylic acids is 2. The lowest BCUT2D eigenvalue weighted by molar-refractivity contribution is 0.0535. The molecule has 1 fully saturated rings. The average molecular weight is 449 g/mol. The fourth-order valence-corrected chi connectivity index (χ4v) is 4.10. The molecule has 6 heteroatoms. The summed E-state index contributed by atoms with van der Waals surface area (Å²) in [5.41, 5.74) is 4.90. The zero-order valence-electron chi connectivity index (χ0n) is 18.7. The van der Waals surface area contributed by atoms with Crippen molar-refractivity contribution in [3.05, 3.63) is 108 Å². The maximum Gasteiger partial charge on any atom is 0.255 e. The minimum absolute atomic E-state index is 0.00640. The molecule has 34 heavy (non-hydrogen) atoms. The molecule has 0 saturated carbocycles. The highest BCUT2D eigenvalue weighted by molar-refractivity contribution is 5.96. The van der Waals surface area contributed by atoms with E-state index in [0.717, 1.165) is 22.5 Å². The third kappa shape index (κ3) is 4.57. The number of hydrogen-bond donors (Lipinski definition) is 0. The van der Waals surface area contributed by atoms with Crippen LogP contribution in [0.25, 0.3) is 22.5 Å². The van der Waals surface area contributed by atoms with Crippen molar-refractivity contribution in [1.29, 1.82) is 0 Å². The molecule has 6 nitrogen and oxygen atoms in total. The van der Waals surface area contributed by atoms with Gasteiger partial charge in [0, 0.05) is 44.1 Å². The van der Waals surface area contributed by atoms with E-state index in [4.69, 9.17) is 0 Å². The molecule has 0 spiro atoms. The van der Waals surface area contributed by atoms with Gasteiger partial charge in [-0.15, -0.1) is 0 Å². The van der Waals surface area contributed by atoms with Crippen LogP contribution in [-0.4, -0.2) is 57.8 Å². The molecule has 0 unspecified atom stereocenters. The largest absolute Gasteiger partial charge is 0.335 e. The molecule has 2 aromatic heterocycles. The van der Waals surface area contributed by atoms with E-state index in [1.165, 1.54) is 0 Å². The summed E-state index contributed by atoms with van der Waals surface area (Å²) < 4.78 is 0. The minimum Gasteiger partial charge on any atom is -0.335 e. The molecule has 3 heterocycles. The highest BCUT2D eigenvalue weighted by Crippen LogP contribution is 2.20. The van der Waals surface area contributed by atoms with Crippen LogP contribution in [0.4, 0.5) is 0 Å². The zero-order chi connectivity index (χ0) is 23.3. The molecule has 0 N–H and O–H groups in total. The fraction of sp³-hybridized carbons (Fsp3) is 0.143. The van der Waals surface area contributed by atoms with E-state index in [2.05, 4.69) is 22.1 Å². The van der Waals surface area contributed by atoms with Crippen LogP contribution in [-0.2, 0) is 0 Å². The summed E-state index contributed by atoms with van der Waals surface area (Å²) in [6.07, 6.45) is 3.31. The van der Waals surface area contributed by atoms with Crippen LogP contribution in [0.3, 0.4) is 0 Å². The maximum absolute atomic E-state index is 13.0. The SMILES string of the molecule is O=C(c1ccc(-c2ccccc2)cc1)N1CCN(C(=O)c2ccc(-c3ccccn3)nc2)CC1. The molecule has 0 atom stereocenters. The van der Waals surface area contributed by atoms with Crippen LogP contribution in [0, 0.1) is 0 Å². The van der Waals surface area contributed by atoms with E-state index >= 15 is 0 Å². The Kier molecular flexibility index (Phi) is 6.12. The van der Waals surface area contributed by atoms with Crippen molar-refractivity contribution in [1.82, 2.24) is 19.8 Å². The van der Waals surface area contributed by atoms with E-state index in [0.29, 0.717) is 37.3 Å². The number of rotatable bonds is 4. The number of piperazine rings is 1. The number of aromatic nitrogens is 2. The first-order valence-electron chi connectivity index (χ1n) is 11.3. The number of nitrogens with zero attached hydrogens (tertiary/aromatic N) is 4. The van der Waals surface area contributed by atoms with Crippen molar-refractivity contribution in [3.63, 3.8) is 0 Å². The van der Waals surface area contributed by atoms with E-state index in [1.54, 1.807) is 23.4 Å².